The van der Waals surface area contributed by atoms with Gasteiger partial charge in [0.2, 0.25) is 0 Å². The number of carbonyl (C=O) groups is 1. The number of rotatable bonds is 5. The second-order valence-corrected chi connectivity index (χ2v) is 5.94. The zero-order valence-electron chi connectivity index (χ0n) is 11.1. The van der Waals surface area contributed by atoms with Gasteiger partial charge in [-0.05, 0) is 18.4 Å². The molecule has 1 fully saturated rings. The van der Waals surface area contributed by atoms with E-state index in [-0.39, 0.29) is 0 Å². The van der Waals surface area contributed by atoms with Gasteiger partial charge in [-0.15, -0.1) is 11.3 Å². The maximum atomic E-state index is 11.3. The summed E-state index contributed by atoms with van der Waals surface area (Å²) in [4.78, 5) is 16.2. The number of hydrogen-bond acceptors (Lipinski definition) is 4. The van der Waals surface area contributed by atoms with E-state index >= 15 is 0 Å². The first-order valence-corrected chi connectivity index (χ1v) is 7.33. The molecule has 1 heterocycles. The summed E-state index contributed by atoms with van der Waals surface area (Å²) < 4.78 is 5.08. The second kappa shape index (κ2) is 5.34. The normalized spacial score (nSPS) is 14.4. The number of carboxylic acids is 1. The number of thiazole rings is 1. The first-order valence-electron chi connectivity index (χ1n) is 6.51. The number of benzene rings is 1. The molecule has 1 aliphatic rings. The fourth-order valence-electron chi connectivity index (χ4n) is 2.15. The van der Waals surface area contributed by atoms with Crippen LogP contribution in [0.5, 0.6) is 0 Å². The Morgan fingerprint density at radius 2 is 2.10 bits per heavy atom. The van der Waals surface area contributed by atoms with Crippen molar-refractivity contribution < 1.29 is 14.6 Å². The molecule has 1 N–H and O–H groups in total. The Morgan fingerprint density at radius 3 is 2.65 bits per heavy atom. The zero-order valence-corrected chi connectivity index (χ0v) is 11.9. The maximum absolute atomic E-state index is 11.3. The molecule has 1 aromatic carbocycles. The van der Waals surface area contributed by atoms with Crippen molar-refractivity contribution >= 4 is 17.3 Å². The molecule has 2 aromatic rings. The zero-order chi connectivity index (χ0) is 14.1. The Labute approximate surface area is 121 Å². The molecule has 1 saturated carbocycles. The van der Waals surface area contributed by atoms with E-state index in [1.165, 1.54) is 11.3 Å². The maximum Gasteiger partial charge on any atom is 0.347 e. The summed E-state index contributed by atoms with van der Waals surface area (Å²) in [7, 11) is 1.66. The lowest BCUT2D eigenvalue weighted by Gasteiger charge is -2.00. The second-order valence-electron chi connectivity index (χ2n) is 4.94. The highest BCUT2D eigenvalue weighted by Gasteiger charge is 2.32. The topological polar surface area (TPSA) is 59.4 Å². The van der Waals surface area contributed by atoms with Crippen LogP contribution in [0.15, 0.2) is 24.3 Å². The van der Waals surface area contributed by atoms with E-state index < -0.39 is 5.97 Å². The van der Waals surface area contributed by atoms with E-state index in [0.717, 1.165) is 34.7 Å². The number of hydrogen-bond donors (Lipinski definition) is 1. The number of aromatic carboxylic acids is 1. The van der Waals surface area contributed by atoms with Crippen LogP contribution in [0.1, 0.15) is 39.7 Å². The van der Waals surface area contributed by atoms with Crippen LogP contribution in [-0.4, -0.2) is 23.2 Å². The summed E-state index contributed by atoms with van der Waals surface area (Å²) in [5, 5.41) is 10.1. The first-order chi connectivity index (χ1) is 9.69. The smallest absolute Gasteiger partial charge is 0.347 e. The van der Waals surface area contributed by atoms with Crippen LogP contribution in [0.3, 0.4) is 0 Å². The minimum atomic E-state index is -0.869. The highest BCUT2D eigenvalue weighted by molar-refractivity contribution is 7.17. The van der Waals surface area contributed by atoms with Gasteiger partial charge in [-0.2, -0.15) is 0 Å². The Bertz CT molecular complexity index is 629. The lowest BCUT2D eigenvalue weighted by atomic mass is 10.1. The van der Waals surface area contributed by atoms with Gasteiger partial charge < -0.3 is 9.84 Å². The molecular weight excluding hydrogens is 274 g/mol. The van der Waals surface area contributed by atoms with Gasteiger partial charge in [-0.3, -0.25) is 0 Å². The van der Waals surface area contributed by atoms with Gasteiger partial charge in [0.05, 0.1) is 12.3 Å². The van der Waals surface area contributed by atoms with Crippen molar-refractivity contribution in [3.05, 3.63) is 40.4 Å². The molecule has 5 heteroatoms. The Morgan fingerprint density at radius 1 is 1.40 bits per heavy atom. The molecule has 0 spiro atoms. The van der Waals surface area contributed by atoms with Crippen LogP contribution in [0.2, 0.25) is 0 Å². The largest absolute Gasteiger partial charge is 0.477 e. The van der Waals surface area contributed by atoms with E-state index in [1.54, 1.807) is 7.11 Å². The molecule has 1 aliphatic carbocycles. The third-order valence-corrected chi connectivity index (χ3v) is 4.43. The monoisotopic (exact) mass is 289 g/mol. The average Bonchev–Trinajstić information content (AvgIpc) is 3.19. The first kappa shape index (κ1) is 13.3. The van der Waals surface area contributed by atoms with Crippen LogP contribution in [0, 0.1) is 0 Å². The molecule has 0 saturated heterocycles. The van der Waals surface area contributed by atoms with Gasteiger partial charge in [-0.25, -0.2) is 9.78 Å². The molecule has 0 atom stereocenters. The van der Waals surface area contributed by atoms with Crippen LogP contribution in [0.25, 0.3) is 10.6 Å². The fourth-order valence-corrected chi connectivity index (χ4v) is 3.15. The van der Waals surface area contributed by atoms with Crippen molar-refractivity contribution in [1.82, 2.24) is 4.98 Å². The van der Waals surface area contributed by atoms with Crippen LogP contribution >= 0.6 is 11.3 Å². The molecule has 0 radical (unpaired) electrons. The van der Waals surface area contributed by atoms with E-state index in [0.29, 0.717) is 17.4 Å². The quantitative estimate of drug-likeness (QED) is 0.914. The number of nitrogens with zero attached hydrogens (tertiary/aromatic N) is 1. The lowest BCUT2D eigenvalue weighted by Crippen LogP contribution is -1.97. The van der Waals surface area contributed by atoms with Gasteiger partial charge in [0.1, 0.15) is 9.88 Å². The third kappa shape index (κ3) is 2.59. The highest BCUT2D eigenvalue weighted by atomic mass is 32.1. The number of ether oxygens (including phenoxy) is 1. The summed E-state index contributed by atoms with van der Waals surface area (Å²) in [6.07, 6.45) is 2.10. The molecule has 0 bridgehead atoms. The molecule has 104 valence electrons. The van der Waals surface area contributed by atoms with E-state index in [9.17, 15) is 9.90 Å². The number of carboxylic acid groups (broad SMARTS) is 1. The summed E-state index contributed by atoms with van der Waals surface area (Å²) in [5.41, 5.74) is 2.82. The molecule has 0 unspecified atom stereocenters. The molecule has 4 nitrogen and oxygen atoms in total. The average molecular weight is 289 g/mol. The fraction of sp³-hybridized carbons (Fsp3) is 0.333. The number of aromatic nitrogens is 1. The molecule has 3 rings (SSSR count). The van der Waals surface area contributed by atoms with Gasteiger partial charge in [-0.1, -0.05) is 24.3 Å². The number of methoxy groups -OCH3 is 1. The van der Waals surface area contributed by atoms with Gasteiger partial charge in [0.25, 0.3) is 0 Å². The molecule has 0 amide bonds. The van der Waals surface area contributed by atoms with Crippen molar-refractivity contribution in [1.29, 1.82) is 0 Å². The Balaban J connectivity index is 1.93. The van der Waals surface area contributed by atoms with Crippen LogP contribution < -0.4 is 0 Å². The van der Waals surface area contributed by atoms with Crippen molar-refractivity contribution in [2.75, 3.05) is 7.11 Å². The Kier molecular flexibility index (Phi) is 3.54. The molecule has 0 aliphatic heterocycles. The summed E-state index contributed by atoms with van der Waals surface area (Å²) in [5.74, 6) is -0.523. The third-order valence-electron chi connectivity index (χ3n) is 3.32. The molecule has 20 heavy (non-hydrogen) atoms. The van der Waals surface area contributed by atoms with Gasteiger partial charge >= 0.3 is 5.97 Å². The summed E-state index contributed by atoms with van der Waals surface area (Å²) >= 11 is 1.27. The van der Waals surface area contributed by atoms with Crippen molar-refractivity contribution in [3.8, 4) is 10.6 Å². The summed E-state index contributed by atoms with van der Waals surface area (Å²) in [6.45, 7) is 0.575. The van der Waals surface area contributed by atoms with E-state index in [2.05, 4.69) is 4.98 Å². The predicted molar refractivity (Wildman–Crippen MR) is 77.2 cm³/mol. The SMILES string of the molecule is COCc1ccc(-c2nc(C3CC3)c(C(=O)O)s2)cc1. The van der Waals surface area contributed by atoms with Crippen molar-refractivity contribution in [2.45, 2.75) is 25.4 Å². The highest BCUT2D eigenvalue weighted by Crippen LogP contribution is 2.44. The lowest BCUT2D eigenvalue weighted by molar-refractivity contribution is 0.0700. The Hall–Kier alpha value is -1.72. The molecular formula is C15H15NO3S. The minimum absolute atomic E-state index is 0.346. The van der Waals surface area contributed by atoms with Gasteiger partial charge in [0, 0.05) is 18.6 Å². The summed E-state index contributed by atoms with van der Waals surface area (Å²) in [6, 6.07) is 7.90. The minimum Gasteiger partial charge on any atom is -0.477 e. The van der Waals surface area contributed by atoms with Crippen molar-refractivity contribution in [3.63, 3.8) is 0 Å². The van der Waals surface area contributed by atoms with Crippen molar-refractivity contribution in [2.24, 2.45) is 0 Å². The van der Waals surface area contributed by atoms with E-state index in [4.69, 9.17) is 4.74 Å². The standard InChI is InChI=1S/C15H15NO3S/c1-19-8-9-2-4-11(5-3-9)14-16-12(10-6-7-10)13(20-14)15(17)18/h2-5,10H,6-8H2,1H3,(H,17,18). The van der Waals surface area contributed by atoms with Crippen LogP contribution in [-0.2, 0) is 11.3 Å². The van der Waals surface area contributed by atoms with E-state index in [1.807, 2.05) is 24.3 Å². The predicted octanol–water partition coefficient (Wildman–Crippen LogP) is 3.53. The molecule has 1 aromatic heterocycles. The van der Waals surface area contributed by atoms with Gasteiger partial charge in [0.15, 0.2) is 0 Å². The van der Waals surface area contributed by atoms with Crippen LogP contribution in [0.4, 0.5) is 0 Å².